The van der Waals surface area contributed by atoms with Crippen LogP contribution in [-0.2, 0) is 0 Å². The minimum atomic E-state index is -0.382. The minimum absolute atomic E-state index is 0.382. The van der Waals surface area contributed by atoms with Crippen molar-refractivity contribution in [2.24, 2.45) is 4.99 Å². The summed E-state index contributed by atoms with van der Waals surface area (Å²) in [5, 5.41) is 6.39. The van der Waals surface area contributed by atoms with Crippen molar-refractivity contribution in [1.82, 2.24) is 20.3 Å². The average Bonchev–Trinajstić information content (AvgIpc) is 3.81. The Morgan fingerprint density at radius 1 is 0.358 bits per heavy atom. The molecule has 1 N–H and O–H groups in total. The van der Waals surface area contributed by atoms with E-state index in [0.29, 0.717) is 17.5 Å². The molecule has 6 heteroatoms. The van der Waals surface area contributed by atoms with E-state index in [1.54, 1.807) is 0 Å². The zero-order valence-electron chi connectivity index (χ0n) is 36.3. The second-order valence-corrected chi connectivity index (χ2v) is 17.6. The van der Waals surface area contributed by atoms with Crippen LogP contribution in [0.3, 0.4) is 0 Å². The number of aliphatic imine (C=N–C) groups is 1. The van der Waals surface area contributed by atoms with E-state index in [1.807, 2.05) is 78.1 Å². The van der Waals surface area contributed by atoms with Gasteiger partial charge in [-0.3, -0.25) is 4.99 Å². The first-order chi connectivity index (χ1) is 33.2. The highest BCUT2D eigenvalue weighted by Crippen LogP contribution is 2.46. The van der Waals surface area contributed by atoms with Crippen LogP contribution in [0.1, 0.15) is 22.9 Å². The molecule has 0 radical (unpaired) electrons. The van der Waals surface area contributed by atoms with Crippen molar-refractivity contribution >= 4 is 42.9 Å². The Kier molecular flexibility index (Phi) is 10.4. The molecule has 0 bridgehead atoms. The molecular formula is C61H41N5S. The SMILES string of the molecule is C1=C(c2ccccc2)NC(c2ccccc2-c2ccc(-c3nc(-c4ccccc4)nc(-c4ccccc4)n3)cc2-c2ccccc2-c2cccc3c2sc2ccccc23)N=C1c1ccccc1. The van der Waals surface area contributed by atoms with Gasteiger partial charge in [-0.05, 0) is 57.2 Å². The molecule has 0 aliphatic carbocycles. The fourth-order valence-corrected chi connectivity index (χ4v) is 10.4. The smallest absolute Gasteiger partial charge is 0.164 e. The molecule has 5 nitrogen and oxygen atoms in total. The Labute approximate surface area is 393 Å². The molecule has 0 fully saturated rings. The third-order valence-electron chi connectivity index (χ3n) is 12.4. The summed E-state index contributed by atoms with van der Waals surface area (Å²) in [5.74, 6) is 1.84. The number of hydrogen-bond donors (Lipinski definition) is 1. The first-order valence-electron chi connectivity index (χ1n) is 22.5. The molecule has 1 aliphatic rings. The quantitative estimate of drug-likeness (QED) is 0.157. The van der Waals surface area contributed by atoms with Gasteiger partial charge in [-0.25, -0.2) is 15.0 Å². The molecule has 2 aromatic heterocycles. The molecular weight excluding hydrogens is 835 g/mol. The van der Waals surface area contributed by atoms with Crippen molar-refractivity contribution in [2.75, 3.05) is 0 Å². The maximum absolute atomic E-state index is 5.45. The number of thiophene rings is 1. The van der Waals surface area contributed by atoms with Crippen molar-refractivity contribution in [3.8, 4) is 67.5 Å². The zero-order valence-corrected chi connectivity index (χ0v) is 37.1. The molecule has 0 spiro atoms. The molecule has 11 aromatic rings. The number of fused-ring (bicyclic) bond motifs is 3. The van der Waals surface area contributed by atoms with Crippen LogP contribution in [-0.4, -0.2) is 20.7 Å². The lowest BCUT2D eigenvalue weighted by Crippen LogP contribution is -2.25. The van der Waals surface area contributed by atoms with Crippen molar-refractivity contribution < 1.29 is 0 Å². The van der Waals surface area contributed by atoms with E-state index in [4.69, 9.17) is 19.9 Å². The van der Waals surface area contributed by atoms with Gasteiger partial charge >= 0.3 is 0 Å². The predicted octanol–water partition coefficient (Wildman–Crippen LogP) is 15.4. The first-order valence-corrected chi connectivity index (χ1v) is 23.3. The second-order valence-electron chi connectivity index (χ2n) is 16.6. The lowest BCUT2D eigenvalue weighted by molar-refractivity contribution is 0.665. The summed E-state index contributed by atoms with van der Waals surface area (Å²) in [5.41, 5.74) is 14.6. The number of rotatable bonds is 9. The fourth-order valence-electron chi connectivity index (χ4n) is 9.20. The Morgan fingerprint density at radius 3 is 1.52 bits per heavy atom. The number of nitrogens with zero attached hydrogens (tertiary/aromatic N) is 4. The average molecular weight is 876 g/mol. The molecule has 1 atom stereocenters. The normalized spacial score (nSPS) is 13.5. The van der Waals surface area contributed by atoms with Gasteiger partial charge in [-0.1, -0.05) is 218 Å². The Hall–Kier alpha value is -8.58. The number of nitrogens with one attached hydrogen (secondary N) is 1. The molecule has 0 amide bonds. The van der Waals surface area contributed by atoms with Crippen molar-refractivity contribution in [2.45, 2.75) is 6.17 Å². The largest absolute Gasteiger partial charge is 0.359 e. The summed E-state index contributed by atoms with van der Waals surface area (Å²) in [6, 6.07) is 80.8. The molecule has 12 rings (SSSR count). The Balaban J connectivity index is 1.08. The van der Waals surface area contributed by atoms with E-state index in [1.165, 1.54) is 25.7 Å². The fraction of sp³-hybridized carbons (Fsp3) is 0.0164. The third-order valence-corrected chi connectivity index (χ3v) is 13.7. The maximum Gasteiger partial charge on any atom is 0.164 e. The number of hydrogen-bond acceptors (Lipinski definition) is 6. The zero-order chi connectivity index (χ0) is 44.5. The standard InChI is InChI=1S/C61H41N5S/c1-5-20-40(21-6-1)54-39-55(41-22-7-2-8-23-41)63-61(62-54)52-32-16-15-29-46(52)48-37-36-44(60-65-58(42-24-9-3-10-25-42)64-59(66-60)43-26-11-4-12-27-43)38-53(48)47-30-14-13-28-45(47)50-33-19-34-51-49-31-17-18-35-56(49)67-57(50)51/h1-39,61-62H. The van der Waals surface area contributed by atoms with Crippen LogP contribution >= 0.6 is 11.3 Å². The number of benzene rings is 9. The topological polar surface area (TPSA) is 63.1 Å². The van der Waals surface area contributed by atoms with Crippen LogP contribution < -0.4 is 5.32 Å². The van der Waals surface area contributed by atoms with E-state index < -0.39 is 0 Å². The first kappa shape index (κ1) is 40.0. The monoisotopic (exact) mass is 875 g/mol. The summed E-state index contributed by atoms with van der Waals surface area (Å²) < 4.78 is 2.54. The van der Waals surface area contributed by atoms with Gasteiger partial charge in [0.1, 0.15) is 6.17 Å². The summed E-state index contributed by atoms with van der Waals surface area (Å²) in [7, 11) is 0. The number of aromatic nitrogens is 3. The lowest BCUT2D eigenvalue weighted by atomic mass is 9.86. The van der Waals surface area contributed by atoms with Crippen LogP contribution in [0, 0.1) is 0 Å². The highest BCUT2D eigenvalue weighted by Gasteiger charge is 2.25. The summed E-state index contributed by atoms with van der Waals surface area (Å²) in [4.78, 5) is 20.9. The van der Waals surface area contributed by atoms with Gasteiger partial charge in [-0.2, -0.15) is 0 Å². The second kappa shape index (κ2) is 17.4. The Morgan fingerprint density at radius 2 is 0.851 bits per heavy atom. The van der Waals surface area contributed by atoms with Crippen molar-refractivity contribution in [3.05, 3.63) is 253 Å². The molecule has 9 aromatic carbocycles. The van der Waals surface area contributed by atoms with Gasteiger partial charge in [0.15, 0.2) is 17.5 Å². The van der Waals surface area contributed by atoms with Gasteiger partial charge in [0.2, 0.25) is 0 Å². The van der Waals surface area contributed by atoms with Gasteiger partial charge < -0.3 is 5.32 Å². The highest BCUT2D eigenvalue weighted by molar-refractivity contribution is 7.26. The molecule has 1 aliphatic heterocycles. The van der Waals surface area contributed by atoms with E-state index in [2.05, 4.69) is 175 Å². The third kappa shape index (κ3) is 7.69. The maximum atomic E-state index is 5.45. The summed E-state index contributed by atoms with van der Waals surface area (Å²) in [6.07, 6.45) is 1.78. The van der Waals surface area contributed by atoms with Crippen LogP contribution in [0.5, 0.6) is 0 Å². The molecule has 1 unspecified atom stereocenters. The van der Waals surface area contributed by atoms with E-state index in [0.717, 1.165) is 72.6 Å². The van der Waals surface area contributed by atoms with E-state index >= 15 is 0 Å². The van der Waals surface area contributed by atoms with Gasteiger partial charge in [0.05, 0.1) is 5.71 Å². The predicted molar refractivity (Wildman–Crippen MR) is 279 cm³/mol. The Bertz CT molecular complexity index is 3600. The van der Waals surface area contributed by atoms with Crippen LogP contribution in [0.2, 0.25) is 0 Å². The van der Waals surface area contributed by atoms with Gasteiger partial charge in [-0.15, -0.1) is 11.3 Å². The molecule has 0 saturated carbocycles. The van der Waals surface area contributed by atoms with Crippen molar-refractivity contribution in [1.29, 1.82) is 0 Å². The van der Waals surface area contributed by atoms with E-state index in [9.17, 15) is 0 Å². The minimum Gasteiger partial charge on any atom is -0.359 e. The van der Waals surface area contributed by atoms with Crippen LogP contribution in [0.4, 0.5) is 0 Å². The van der Waals surface area contributed by atoms with Gasteiger partial charge in [0.25, 0.3) is 0 Å². The van der Waals surface area contributed by atoms with Crippen LogP contribution in [0.25, 0.3) is 93.4 Å². The molecule has 67 heavy (non-hydrogen) atoms. The summed E-state index contributed by atoms with van der Waals surface area (Å²) in [6.45, 7) is 0. The van der Waals surface area contributed by atoms with Gasteiger partial charge in [0, 0.05) is 53.7 Å². The molecule has 0 saturated heterocycles. The van der Waals surface area contributed by atoms with Crippen LogP contribution in [0.15, 0.2) is 242 Å². The molecule has 316 valence electrons. The van der Waals surface area contributed by atoms with Crippen molar-refractivity contribution in [3.63, 3.8) is 0 Å². The highest BCUT2D eigenvalue weighted by atomic mass is 32.1. The van der Waals surface area contributed by atoms with E-state index in [-0.39, 0.29) is 6.17 Å². The lowest BCUT2D eigenvalue weighted by Gasteiger charge is -2.27. The summed E-state index contributed by atoms with van der Waals surface area (Å²) >= 11 is 1.85. The number of allylic oxidation sites excluding steroid dienone is 1. The molecule has 3 heterocycles.